The van der Waals surface area contributed by atoms with Crippen molar-refractivity contribution in [3.05, 3.63) is 34.4 Å². The fourth-order valence-corrected chi connectivity index (χ4v) is 9.02. The van der Waals surface area contributed by atoms with Crippen LogP contribution in [-0.2, 0) is 0 Å². The first-order chi connectivity index (χ1) is 21.7. The third kappa shape index (κ3) is 4.26. The van der Waals surface area contributed by atoms with E-state index in [2.05, 4.69) is 15.2 Å². The molecule has 0 bridgehead atoms. The molecule has 4 aromatic rings. The molecule has 4 aliphatic rings. The van der Waals surface area contributed by atoms with Crippen molar-refractivity contribution in [2.45, 2.75) is 49.5 Å². The molecule has 0 spiro atoms. The van der Waals surface area contributed by atoms with Gasteiger partial charge in [0.15, 0.2) is 11.6 Å². The number of benzene rings is 2. The minimum absolute atomic E-state index is 0.0404. The standard InChI is InChI=1S/C31H29ClF3N7O2S/c1-41-18-5-7-38-11-19(18)44-26-22-25(39-30(40-29(22)41)43-13-31-6-2-8-42(31)12-14(33)9-31)24(35)21(23(26)32)15-3-4-17(34)27-20(15)16(10-36)28(37)45-27/h3-4,14,18-19,38H,2,5-9,11-13,37H2,1H3/t14-,18?,19?,31+/m1/s1. The number of likely N-dealkylation sites (N-methyl/N-ethyl adjacent to an activating group) is 1. The Hall–Kier alpha value is -3.57. The van der Waals surface area contributed by atoms with Gasteiger partial charge in [0, 0.05) is 37.5 Å². The molecular formula is C31H29ClF3N7O2S. The molecule has 3 saturated heterocycles. The Morgan fingerprint density at radius 3 is 2.98 bits per heavy atom. The largest absolute Gasteiger partial charge is 0.484 e. The first kappa shape index (κ1) is 28.9. The molecule has 8 rings (SSSR count). The third-order valence-corrected chi connectivity index (χ3v) is 11.3. The van der Waals surface area contributed by atoms with Crippen LogP contribution in [0.15, 0.2) is 12.1 Å². The van der Waals surface area contributed by atoms with Crippen LogP contribution in [-0.4, -0.2) is 78.6 Å². The Balaban J connectivity index is 1.35. The van der Waals surface area contributed by atoms with E-state index in [4.69, 9.17) is 31.8 Å². The summed E-state index contributed by atoms with van der Waals surface area (Å²) in [7, 11) is 1.88. The highest BCUT2D eigenvalue weighted by atomic mass is 35.5. The molecule has 0 radical (unpaired) electrons. The summed E-state index contributed by atoms with van der Waals surface area (Å²) in [6, 6.07) is 4.48. The molecule has 3 N–H and O–H groups in total. The molecule has 45 heavy (non-hydrogen) atoms. The van der Waals surface area contributed by atoms with E-state index in [1.807, 2.05) is 18.0 Å². The van der Waals surface area contributed by atoms with Gasteiger partial charge in [-0.1, -0.05) is 17.7 Å². The number of fused-ring (bicyclic) bond motifs is 3. The van der Waals surface area contributed by atoms with E-state index >= 15 is 4.39 Å². The highest BCUT2D eigenvalue weighted by molar-refractivity contribution is 7.23. The van der Waals surface area contributed by atoms with Crippen LogP contribution in [0.3, 0.4) is 0 Å². The smallest absolute Gasteiger partial charge is 0.319 e. The summed E-state index contributed by atoms with van der Waals surface area (Å²) in [5, 5.41) is 13.8. The lowest BCUT2D eigenvalue weighted by Gasteiger charge is -2.36. The molecule has 2 aromatic heterocycles. The Bertz CT molecular complexity index is 1940. The number of aromatic nitrogens is 2. The monoisotopic (exact) mass is 655 g/mol. The zero-order valence-corrected chi connectivity index (χ0v) is 25.9. The van der Waals surface area contributed by atoms with Crippen LogP contribution in [0.1, 0.15) is 31.2 Å². The van der Waals surface area contributed by atoms with Crippen LogP contribution in [0.5, 0.6) is 11.8 Å². The number of nitrogens with two attached hydrogens (primary N) is 1. The fourth-order valence-electron chi connectivity index (χ4n) is 7.75. The topological polar surface area (TPSA) is 113 Å². The van der Waals surface area contributed by atoms with E-state index in [1.165, 1.54) is 12.1 Å². The number of nitrogens with one attached hydrogen (secondary N) is 1. The van der Waals surface area contributed by atoms with Gasteiger partial charge in [-0.05, 0) is 44.0 Å². The van der Waals surface area contributed by atoms with Crippen molar-refractivity contribution in [3.8, 4) is 29.0 Å². The molecule has 2 unspecified atom stereocenters. The van der Waals surface area contributed by atoms with Gasteiger partial charge in [-0.3, -0.25) is 4.90 Å². The number of alkyl halides is 1. The summed E-state index contributed by atoms with van der Waals surface area (Å²) in [5.41, 5.74) is 5.70. The van der Waals surface area contributed by atoms with E-state index in [0.29, 0.717) is 30.7 Å². The first-order valence-corrected chi connectivity index (χ1v) is 16.2. The summed E-state index contributed by atoms with van der Waals surface area (Å²) in [6.07, 6.45) is 1.55. The lowest BCUT2D eigenvalue weighted by Crippen LogP contribution is -2.53. The maximum atomic E-state index is 17.0. The summed E-state index contributed by atoms with van der Waals surface area (Å²) in [6.45, 7) is 2.61. The number of rotatable bonds is 4. The van der Waals surface area contributed by atoms with Crippen molar-refractivity contribution in [2.24, 2.45) is 0 Å². The number of hydrogen-bond acceptors (Lipinski definition) is 10. The second-order valence-electron chi connectivity index (χ2n) is 12.3. The van der Waals surface area contributed by atoms with E-state index in [-0.39, 0.29) is 72.8 Å². The van der Waals surface area contributed by atoms with Gasteiger partial charge in [0.25, 0.3) is 0 Å². The van der Waals surface area contributed by atoms with Gasteiger partial charge in [0.2, 0.25) is 0 Å². The van der Waals surface area contributed by atoms with Crippen LogP contribution < -0.4 is 25.4 Å². The van der Waals surface area contributed by atoms with Gasteiger partial charge in [-0.2, -0.15) is 15.2 Å². The van der Waals surface area contributed by atoms with Gasteiger partial charge in [-0.25, -0.2) is 13.2 Å². The predicted octanol–water partition coefficient (Wildman–Crippen LogP) is 5.41. The van der Waals surface area contributed by atoms with E-state index in [0.717, 1.165) is 43.7 Å². The first-order valence-electron chi connectivity index (χ1n) is 15.0. The second kappa shape index (κ2) is 10.5. The highest BCUT2D eigenvalue weighted by Gasteiger charge is 2.49. The average molecular weight is 656 g/mol. The number of nitriles is 1. The molecule has 234 valence electrons. The number of nitrogen functional groups attached to an aromatic ring is 1. The average Bonchev–Trinajstić information content (AvgIpc) is 3.65. The van der Waals surface area contributed by atoms with Crippen LogP contribution in [0.4, 0.5) is 24.0 Å². The van der Waals surface area contributed by atoms with Crippen LogP contribution in [0, 0.1) is 23.0 Å². The van der Waals surface area contributed by atoms with Gasteiger partial charge in [0.05, 0.1) is 32.3 Å². The maximum Gasteiger partial charge on any atom is 0.319 e. The Morgan fingerprint density at radius 2 is 2.16 bits per heavy atom. The quantitative estimate of drug-likeness (QED) is 0.298. The molecule has 0 aliphatic carbocycles. The molecule has 3 fully saturated rings. The van der Waals surface area contributed by atoms with Crippen molar-refractivity contribution in [1.29, 1.82) is 5.26 Å². The van der Waals surface area contributed by atoms with Crippen LogP contribution in [0.25, 0.3) is 32.1 Å². The Morgan fingerprint density at radius 1 is 1.31 bits per heavy atom. The number of hydrogen-bond donors (Lipinski definition) is 2. The van der Waals surface area contributed by atoms with Gasteiger partial charge in [-0.15, -0.1) is 11.3 Å². The summed E-state index contributed by atoms with van der Waals surface area (Å²) in [5.74, 6) is -0.772. The number of nitrogens with zero attached hydrogens (tertiary/aromatic N) is 5. The molecule has 2 aromatic carbocycles. The highest BCUT2D eigenvalue weighted by Crippen LogP contribution is 2.51. The van der Waals surface area contributed by atoms with Crippen molar-refractivity contribution in [1.82, 2.24) is 20.2 Å². The van der Waals surface area contributed by atoms with Gasteiger partial charge >= 0.3 is 6.01 Å². The fraction of sp³-hybridized carbons (Fsp3) is 0.452. The summed E-state index contributed by atoms with van der Waals surface area (Å²) < 4.78 is 59.4. The van der Waals surface area contributed by atoms with Gasteiger partial charge < -0.3 is 25.4 Å². The zero-order valence-electron chi connectivity index (χ0n) is 24.3. The third-order valence-electron chi connectivity index (χ3n) is 9.87. The Labute approximate surface area is 265 Å². The molecule has 14 heteroatoms. The minimum Gasteiger partial charge on any atom is -0.484 e. The van der Waals surface area contributed by atoms with Crippen molar-refractivity contribution < 1.29 is 22.6 Å². The molecule has 4 atom stereocenters. The minimum atomic E-state index is -0.932. The summed E-state index contributed by atoms with van der Waals surface area (Å²) >= 11 is 7.97. The van der Waals surface area contributed by atoms with Crippen molar-refractivity contribution >= 4 is 54.7 Å². The molecule has 9 nitrogen and oxygen atoms in total. The van der Waals surface area contributed by atoms with Crippen LogP contribution in [0.2, 0.25) is 5.02 Å². The lowest BCUT2D eigenvalue weighted by atomic mass is 9.95. The predicted molar refractivity (Wildman–Crippen MR) is 167 cm³/mol. The SMILES string of the molecule is CN1c2nc(OC[C@@]34CCCN3C[C@H](F)C4)nc3c(F)c(-c4ccc(F)c5sc(N)c(C#N)c45)c(Cl)c(c23)OC2CNCCC21. The van der Waals surface area contributed by atoms with E-state index in [9.17, 15) is 14.0 Å². The van der Waals surface area contributed by atoms with Crippen LogP contribution >= 0.6 is 22.9 Å². The van der Waals surface area contributed by atoms with Gasteiger partial charge in [0.1, 0.15) is 47.1 Å². The summed E-state index contributed by atoms with van der Waals surface area (Å²) in [4.78, 5) is 13.4. The molecular weight excluding hydrogens is 627 g/mol. The zero-order chi connectivity index (χ0) is 31.2. The molecule has 6 heterocycles. The Kier molecular flexibility index (Phi) is 6.73. The normalized spacial score (nSPS) is 26.0. The van der Waals surface area contributed by atoms with E-state index < -0.39 is 23.3 Å². The molecule has 0 amide bonds. The molecule has 4 aliphatic heterocycles. The van der Waals surface area contributed by atoms with Crippen molar-refractivity contribution in [2.75, 3.05) is 50.5 Å². The number of anilines is 2. The lowest BCUT2D eigenvalue weighted by molar-refractivity contribution is 0.107. The number of piperidine rings is 1. The number of halogens is 4. The van der Waals surface area contributed by atoms with E-state index in [1.54, 1.807) is 0 Å². The maximum absolute atomic E-state index is 17.0. The number of thiophene rings is 1. The number of ether oxygens (including phenoxy) is 2. The van der Waals surface area contributed by atoms with Crippen molar-refractivity contribution in [3.63, 3.8) is 0 Å². The molecule has 0 saturated carbocycles. The second-order valence-corrected chi connectivity index (χ2v) is 13.8.